The lowest BCUT2D eigenvalue weighted by molar-refractivity contribution is -0.136. The molecule has 1 aliphatic carbocycles. The Hall–Kier alpha value is -2.38. The van der Waals surface area contributed by atoms with Gasteiger partial charge in [0.2, 0.25) is 0 Å². The highest BCUT2D eigenvalue weighted by molar-refractivity contribution is 9.11. The highest BCUT2D eigenvalue weighted by atomic mass is 79.9. The largest absolute Gasteiger partial charge is 0.494 e. The summed E-state index contributed by atoms with van der Waals surface area (Å²) < 4.78 is 11.9. The Bertz CT molecular complexity index is 1110. The van der Waals surface area contributed by atoms with Crippen molar-refractivity contribution >= 4 is 49.3 Å². The molecule has 5 nitrogen and oxygen atoms in total. The van der Waals surface area contributed by atoms with E-state index in [2.05, 4.69) is 37.2 Å². The van der Waals surface area contributed by atoms with E-state index in [1.165, 1.54) is 7.11 Å². The van der Waals surface area contributed by atoms with E-state index in [1.54, 1.807) is 7.11 Å². The first-order chi connectivity index (χ1) is 13.9. The molecular weight excluding hydrogens is 502 g/mol. The number of halogens is 2. The Morgan fingerprint density at radius 1 is 1.07 bits per heavy atom. The van der Waals surface area contributed by atoms with Crippen molar-refractivity contribution in [3.8, 4) is 5.75 Å². The maximum absolute atomic E-state index is 13.4. The molecule has 0 amide bonds. The van der Waals surface area contributed by atoms with E-state index in [0.717, 1.165) is 25.8 Å². The van der Waals surface area contributed by atoms with E-state index in [1.807, 2.05) is 43.3 Å². The number of esters is 1. The fraction of sp³-hybridized carbons (Fsp3) is 0.182. The summed E-state index contributed by atoms with van der Waals surface area (Å²) in [4.78, 5) is 26.1. The number of hydrogen-bond donors (Lipinski definition) is 1. The number of fused-ring (bicyclic) bond motifs is 2. The summed E-state index contributed by atoms with van der Waals surface area (Å²) in [7, 11) is 2.92. The molecule has 0 spiro atoms. The van der Waals surface area contributed by atoms with Gasteiger partial charge in [-0.3, -0.25) is 4.79 Å². The fourth-order valence-corrected chi connectivity index (χ4v) is 5.53. The van der Waals surface area contributed by atoms with Crippen LogP contribution in [0.4, 0.5) is 0 Å². The van der Waals surface area contributed by atoms with Gasteiger partial charge in [0.05, 0.1) is 34.4 Å². The molecule has 0 saturated heterocycles. The lowest BCUT2D eigenvalue weighted by atomic mass is 9.80. The smallest absolute Gasteiger partial charge is 0.336 e. The number of nitrogens with one attached hydrogen (secondary N) is 1. The van der Waals surface area contributed by atoms with Gasteiger partial charge in [0.15, 0.2) is 5.78 Å². The third-order valence-electron chi connectivity index (χ3n) is 5.21. The van der Waals surface area contributed by atoms with Gasteiger partial charge in [-0.15, -0.1) is 0 Å². The van der Waals surface area contributed by atoms with E-state index < -0.39 is 11.9 Å². The Morgan fingerprint density at radius 2 is 1.69 bits per heavy atom. The summed E-state index contributed by atoms with van der Waals surface area (Å²) >= 11 is 7.05. The second-order valence-electron chi connectivity index (χ2n) is 6.77. The third kappa shape index (κ3) is 3.04. The van der Waals surface area contributed by atoms with Crippen molar-refractivity contribution in [2.24, 2.45) is 0 Å². The van der Waals surface area contributed by atoms with Gasteiger partial charge in [0, 0.05) is 28.3 Å². The van der Waals surface area contributed by atoms with Gasteiger partial charge < -0.3 is 14.8 Å². The Morgan fingerprint density at radius 3 is 2.28 bits per heavy atom. The number of hydrogen-bond acceptors (Lipinski definition) is 5. The van der Waals surface area contributed by atoms with Crippen molar-refractivity contribution in [2.75, 3.05) is 14.2 Å². The average Bonchev–Trinajstić information content (AvgIpc) is 2.98. The predicted octanol–water partition coefficient (Wildman–Crippen LogP) is 4.96. The van der Waals surface area contributed by atoms with Crippen LogP contribution in [0.15, 0.2) is 62.2 Å². The quantitative estimate of drug-likeness (QED) is 0.582. The number of rotatable bonds is 3. The molecule has 0 radical (unpaired) electrons. The summed E-state index contributed by atoms with van der Waals surface area (Å²) in [6.45, 7) is 1.82. The lowest BCUT2D eigenvalue weighted by Crippen LogP contribution is -2.29. The summed E-state index contributed by atoms with van der Waals surface area (Å²) in [6, 6.07) is 11.2. The van der Waals surface area contributed by atoms with Gasteiger partial charge in [-0.25, -0.2) is 4.79 Å². The van der Waals surface area contributed by atoms with Crippen molar-refractivity contribution in [1.82, 2.24) is 5.32 Å². The van der Waals surface area contributed by atoms with Gasteiger partial charge in [0.25, 0.3) is 0 Å². The summed E-state index contributed by atoms with van der Waals surface area (Å²) in [5.41, 5.74) is 4.60. The number of methoxy groups -OCH3 is 2. The van der Waals surface area contributed by atoms with Crippen molar-refractivity contribution in [1.29, 1.82) is 0 Å². The molecule has 0 fully saturated rings. The number of ether oxygens (including phenoxy) is 2. The molecule has 2 aromatic rings. The van der Waals surface area contributed by atoms with E-state index in [-0.39, 0.29) is 5.78 Å². The number of benzene rings is 2. The van der Waals surface area contributed by atoms with Gasteiger partial charge in [-0.05, 0) is 56.5 Å². The Labute approximate surface area is 185 Å². The Kier molecular flexibility index (Phi) is 5.12. The van der Waals surface area contributed by atoms with Crippen molar-refractivity contribution in [3.63, 3.8) is 0 Å². The van der Waals surface area contributed by atoms with Crippen LogP contribution in [-0.4, -0.2) is 26.0 Å². The fourth-order valence-electron chi connectivity index (χ4n) is 3.98. The van der Waals surface area contributed by atoms with Crippen molar-refractivity contribution in [2.45, 2.75) is 12.8 Å². The number of allylic oxidation sites excluding steroid dienone is 2. The maximum Gasteiger partial charge on any atom is 0.336 e. The summed E-state index contributed by atoms with van der Waals surface area (Å²) in [6.07, 6.45) is 0. The number of carbonyl (C=O) groups is 2. The number of Topliss-reactive ketones (excluding diaryl/α,β-unsaturated/α-hetero) is 1. The van der Waals surface area contributed by atoms with Crippen LogP contribution in [0, 0.1) is 0 Å². The Balaban J connectivity index is 1.98. The minimum atomic E-state index is -0.572. The molecular formula is C22H17Br2NO4. The first-order valence-corrected chi connectivity index (χ1v) is 10.4. The number of dihydropyridines is 1. The number of ketones is 1. The van der Waals surface area contributed by atoms with E-state index in [0.29, 0.717) is 28.2 Å². The van der Waals surface area contributed by atoms with Crippen molar-refractivity contribution in [3.05, 3.63) is 78.9 Å². The summed E-state index contributed by atoms with van der Waals surface area (Å²) in [5.74, 6) is -0.501. The van der Waals surface area contributed by atoms with Gasteiger partial charge in [0.1, 0.15) is 5.75 Å². The van der Waals surface area contributed by atoms with Crippen LogP contribution in [0.25, 0.3) is 5.70 Å². The molecule has 1 heterocycles. The molecule has 29 heavy (non-hydrogen) atoms. The second-order valence-corrected chi connectivity index (χ2v) is 8.48. The SMILES string of the molecule is COC(=O)C1=C(C)NC2=C(C(=O)c3ccccc32)[C@@H]1c1cc(Br)c(OC)c(Br)c1. The molecule has 1 aliphatic heterocycles. The monoisotopic (exact) mass is 517 g/mol. The maximum atomic E-state index is 13.4. The van der Waals surface area contributed by atoms with Gasteiger partial charge in [-0.1, -0.05) is 24.3 Å². The third-order valence-corrected chi connectivity index (χ3v) is 6.39. The molecule has 7 heteroatoms. The highest BCUT2D eigenvalue weighted by Gasteiger charge is 2.43. The van der Waals surface area contributed by atoms with E-state index >= 15 is 0 Å². The van der Waals surface area contributed by atoms with Crippen LogP contribution in [0.2, 0.25) is 0 Å². The van der Waals surface area contributed by atoms with Crippen LogP contribution >= 0.6 is 31.9 Å². The highest BCUT2D eigenvalue weighted by Crippen LogP contribution is 2.48. The van der Waals surface area contributed by atoms with Crippen LogP contribution in [0.5, 0.6) is 5.75 Å². The number of carbonyl (C=O) groups excluding carboxylic acids is 2. The molecule has 1 N–H and O–H groups in total. The minimum absolute atomic E-state index is 0.0925. The van der Waals surface area contributed by atoms with Gasteiger partial charge >= 0.3 is 5.97 Å². The van der Waals surface area contributed by atoms with E-state index in [4.69, 9.17) is 9.47 Å². The second kappa shape index (κ2) is 7.46. The molecule has 2 aromatic carbocycles. The van der Waals surface area contributed by atoms with Crippen LogP contribution in [0.1, 0.15) is 34.3 Å². The molecule has 0 aromatic heterocycles. The van der Waals surface area contributed by atoms with Crippen molar-refractivity contribution < 1.29 is 19.1 Å². The topological polar surface area (TPSA) is 64.6 Å². The first kappa shape index (κ1) is 19.9. The molecule has 4 rings (SSSR count). The lowest BCUT2D eigenvalue weighted by Gasteiger charge is -2.29. The average molecular weight is 519 g/mol. The normalized spacial score (nSPS) is 17.7. The van der Waals surface area contributed by atoms with Crippen LogP contribution in [0.3, 0.4) is 0 Å². The standard InChI is InChI=1S/C22H17Br2NO4/c1-10-16(22(27)29-3)17(11-8-14(23)21(28-2)15(24)9-11)18-19(25-10)12-6-4-5-7-13(12)20(18)26/h4-9,17,25H,1-3H3/t17-/m1/s1. The molecule has 1 atom stereocenters. The van der Waals surface area contributed by atoms with Crippen LogP contribution in [-0.2, 0) is 9.53 Å². The predicted molar refractivity (Wildman–Crippen MR) is 117 cm³/mol. The molecule has 2 aliphatic rings. The molecule has 0 bridgehead atoms. The molecule has 148 valence electrons. The zero-order valence-electron chi connectivity index (χ0n) is 15.9. The zero-order valence-corrected chi connectivity index (χ0v) is 19.1. The van der Waals surface area contributed by atoms with Gasteiger partial charge in [-0.2, -0.15) is 0 Å². The molecule has 0 saturated carbocycles. The first-order valence-electron chi connectivity index (χ1n) is 8.86. The van der Waals surface area contributed by atoms with E-state index in [9.17, 15) is 9.59 Å². The van der Waals surface area contributed by atoms with Crippen LogP contribution < -0.4 is 10.1 Å². The zero-order chi connectivity index (χ0) is 20.9. The summed E-state index contributed by atoms with van der Waals surface area (Å²) in [5, 5.41) is 3.27. The molecule has 0 unspecified atom stereocenters. The minimum Gasteiger partial charge on any atom is -0.494 e.